The van der Waals surface area contributed by atoms with Crippen molar-refractivity contribution in [2.75, 3.05) is 25.1 Å². The number of piperazine rings is 1. The third kappa shape index (κ3) is 4.08. The predicted octanol–water partition coefficient (Wildman–Crippen LogP) is 2.66. The van der Waals surface area contributed by atoms with E-state index >= 15 is 0 Å². The van der Waals surface area contributed by atoms with E-state index in [0.717, 1.165) is 18.5 Å². The van der Waals surface area contributed by atoms with Crippen LogP contribution in [0, 0.1) is 0 Å². The van der Waals surface area contributed by atoms with Gasteiger partial charge in [0.25, 0.3) is 0 Å². The number of aryl methyl sites for hydroxylation is 1. The molecule has 0 aromatic carbocycles. The Morgan fingerprint density at radius 2 is 1.97 bits per heavy atom. The second-order valence-corrected chi connectivity index (χ2v) is 9.96. The number of aromatic nitrogens is 5. The summed E-state index contributed by atoms with van der Waals surface area (Å²) in [4.78, 5) is 39.4. The summed E-state index contributed by atoms with van der Waals surface area (Å²) < 4.78 is 10.8. The number of H-pyrrole nitrogens is 1. The summed E-state index contributed by atoms with van der Waals surface area (Å²) >= 11 is 0. The van der Waals surface area contributed by atoms with Crippen molar-refractivity contribution in [3.8, 4) is 11.6 Å². The molecule has 11 heteroatoms. The summed E-state index contributed by atoms with van der Waals surface area (Å²) in [6.45, 7) is 8.68. The first-order valence-corrected chi connectivity index (χ1v) is 12.0. The number of carbonyl (C=O) groups is 1. The van der Waals surface area contributed by atoms with Gasteiger partial charge in [-0.2, -0.15) is 0 Å². The molecule has 3 aromatic rings. The number of aromatic amines is 1. The Labute approximate surface area is 203 Å². The van der Waals surface area contributed by atoms with Crippen molar-refractivity contribution in [2.24, 2.45) is 0 Å². The predicted molar refractivity (Wildman–Crippen MR) is 130 cm³/mol. The van der Waals surface area contributed by atoms with E-state index in [4.69, 9.17) is 9.47 Å². The molecule has 0 spiro atoms. The van der Waals surface area contributed by atoms with Crippen LogP contribution in [0.4, 0.5) is 10.5 Å². The lowest BCUT2D eigenvalue weighted by molar-refractivity contribution is -0.00449. The van der Waals surface area contributed by atoms with Crippen LogP contribution in [0.1, 0.15) is 46.2 Å². The number of hydrogen-bond acceptors (Lipinski definition) is 8. The summed E-state index contributed by atoms with van der Waals surface area (Å²) in [6, 6.07) is 3.56. The molecule has 3 aromatic heterocycles. The number of methoxy groups -OCH3 is 1. The van der Waals surface area contributed by atoms with E-state index in [0.29, 0.717) is 42.4 Å². The van der Waals surface area contributed by atoms with Crippen molar-refractivity contribution in [2.45, 2.75) is 64.6 Å². The molecule has 1 aliphatic heterocycles. The summed E-state index contributed by atoms with van der Waals surface area (Å²) in [5.74, 6) is 0.434. The molecule has 2 aliphatic rings. The Morgan fingerprint density at radius 1 is 1.20 bits per heavy atom. The fourth-order valence-electron chi connectivity index (χ4n) is 4.87. The van der Waals surface area contributed by atoms with Gasteiger partial charge in [0, 0.05) is 37.1 Å². The molecule has 1 amide bonds. The van der Waals surface area contributed by atoms with Gasteiger partial charge >= 0.3 is 6.09 Å². The fraction of sp³-hybridized carbons (Fsp3) is 0.542. The number of anilines is 1. The lowest BCUT2D eigenvalue weighted by Gasteiger charge is -2.54. The van der Waals surface area contributed by atoms with Gasteiger partial charge in [0.2, 0.25) is 11.3 Å². The number of fused-ring (bicyclic) bond motifs is 2. The highest BCUT2D eigenvalue weighted by atomic mass is 16.6. The van der Waals surface area contributed by atoms with Crippen LogP contribution in [0.3, 0.4) is 0 Å². The molecule has 186 valence electrons. The normalized spacial score (nSPS) is 19.9. The Kier molecular flexibility index (Phi) is 5.65. The Hall–Kier alpha value is -3.63. The first kappa shape index (κ1) is 23.1. The van der Waals surface area contributed by atoms with Crippen LogP contribution in [0.2, 0.25) is 0 Å². The maximum absolute atomic E-state index is 13.7. The van der Waals surface area contributed by atoms with Gasteiger partial charge in [0.15, 0.2) is 11.2 Å². The third-order valence-electron chi connectivity index (χ3n) is 6.61. The van der Waals surface area contributed by atoms with Crippen molar-refractivity contribution in [3.05, 3.63) is 34.2 Å². The number of ether oxygens (including phenoxy) is 2. The van der Waals surface area contributed by atoms with Crippen LogP contribution in [-0.2, 0) is 11.2 Å². The van der Waals surface area contributed by atoms with Crippen molar-refractivity contribution in [1.29, 1.82) is 0 Å². The van der Waals surface area contributed by atoms with E-state index in [1.54, 1.807) is 25.4 Å². The number of nitrogens with one attached hydrogen (secondary N) is 1. The smallest absolute Gasteiger partial charge is 0.410 e. The Morgan fingerprint density at radius 3 is 2.63 bits per heavy atom. The Bertz CT molecular complexity index is 1330. The van der Waals surface area contributed by atoms with Gasteiger partial charge in [-0.15, -0.1) is 15.0 Å². The van der Waals surface area contributed by atoms with Gasteiger partial charge in [-0.25, -0.2) is 9.78 Å². The van der Waals surface area contributed by atoms with Crippen LogP contribution >= 0.6 is 0 Å². The second kappa shape index (κ2) is 8.54. The van der Waals surface area contributed by atoms with Crippen LogP contribution < -0.4 is 15.1 Å². The molecule has 2 fully saturated rings. The van der Waals surface area contributed by atoms with E-state index < -0.39 is 5.60 Å². The largest absolute Gasteiger partial charge is 0.481 e. The maximum atomic E-state index is 13.7. The standard InChI is InChI=1S/C24H31N7O4/c1-6-15-20(29-11-12-30(17-8-7-16(17)29)23(33)35-24(2,3)4)21(32)19-22(26-15)28-31(27-19)14-9-10-25-18(13-14)34-5/h9-10,13,16-17H,6-8,11-12H2,1-5H3,(H,26,28)/t16-,17-/m0/s1. The van der Waals surface area contributed by atoms with Gasteiger partial charge in [-0.3, -0.25) is 4.79 Å². The van der Waals surface area contributed by atoms with Crippen LogP contribution in [0.25, 0.3) is 16.9 Å². The van der Waals surface area contributed by atoms with Crippen LogP contribution in [0.15, 0.2) is 23.1 Å². The van der Waals surface area contributed by atoms with Gasteiger partial charge < -0.3 is 24.3 Å². The van der Waals surface area contributed by atoms with Crippen molar-refractivity contribution in [1.82, 2.24) is 29.9 Å². The van der Waals surface area contributed by atoms with E-state index in [1.165, 1.54) is 4.80 Å². The van der Waals surface area contributed by atoms with Gasteiger partial charge in [0.1, 0.15) is 11.3 Å². The van der Waals surface area contributed by atoms with Crippen molar-refractivity contribution in [3.63, 3.8) is 0 Å². The zero-order valence-electron chi connectivity index (χ0n) is 20.7. The molecule has 1 saturated heterocycles. The first-order valence-electron chi connectivity index (χ1n) is 12.0. The van der Waals surface area contributed by atoms with Crippen molar-refractivity contribution < 1.29 is 14.3 Å². The quantitative estimate of drug-likeness (QED) is 0.604. The molecule has 1 aliphatic carbocycles. The molecular formula is C24H31N7O4. The number of hydrogen-bond donors (Lipinski definition) is 1. The highest BCUT2D eigenvalue weighted by Crippen LogP contribution is 2.37. The van der Waals surface area contributed by atoms with Crippen LogP contribution in [-0.4, -0.2) is 73.8 Å². The minimum Gasteiger partial charge on any atom is -0.481 e. The number of carbonyl (C=O) groups excluding carboxylic acids is 1. The lowest BCUT2D eigenvalue weighted by Crippen LogP contribution is -2.67. The molecule has 0 radical (unpaired) electrons. The zero-order chi connectivity index (χ0) is 24.9. The minimum absolute atomic E-state index is 0.0263. The van der Waals surface area contributed by atoms with E-state index in [2.05, 4.69) is 25.1 Å². The molecule has 0 unspecified atom stereocenters. The molecule has 5 rings (SSSR count). The number of amides is 1. The molecule has 0 bridgehead atoms. The highest BCUT2D eigenvalue weighted by Gasteiger charge is 2.47. The summed E-state index contributed by atoms with van der Waals surface area (Å²) in [5, 5.41) is 9.01. The molecule has 1 saturated carbocycles. The summed E-state index contributed by atoms with van der Waals surface area (Å²) in [5.41, 5.74) is 2.10. The summed E-state index contributed by atoms with van der Waals surface area (Å²) in [7, 11) is 1.54. The van der Waals surface area contributed by atoms with Crippen molar-refractivity contribution >= 4 is 22.9 Å². The van der Waals surface area contributed by atoms with Gasteiger partial charge in [0.05, 0.1) is 18.8 Å². The minimum atomic E-state index is -0.546. The van der Waals surface area contributed by atoms with E-state index in [9.17, 15) is 9.59 Å². The monoisotopic (exact) mass is 481 g/mol. The molecular weight excluding hydrogens is 450 g/mol. The zero-order valence-corrected chi connectivity index (χ0v) is 20.7. The second-order valence-electron chi connectivity index (χ2n) is 9.96. The molecule has 4 heterocycles. The molecule has 35 heavy (non-hydrogen) atoms. The highest BCUT2D eigenvalue weighted by molar-refractivity contribution is 5.77. The topological polar surface area (TPSA) is 118 Å². The summed E-state index contributed by atoms with van der Waals surface area (Å²) in [6.07, 6.45) is 3.76. The molecule has 11 nitrogen and oxygen atoms in total. The van der Waals surface area contributed by atoms with E-state index in [1.807, 2.05) is 32.6 Å². The van der Waals surface area contributed by atoms with Crippen LogP contribution in [0.5, 0.6) is 5.88 Å². The van der Waals surface area contributed by atoms with Gasteiger partial charge in [-0.1, -0.05) is 6.92 Å². The van der Waals surface area contributed by atoms with Gasteiger partial charge in [-0.05, 0) is 46.1 Å². The average molecular weight is 482 g/mol. The number of pyridine rings is 2. The fourth-order valence-corrected chi connectivity index (χ4v) is 4.87. The van der Waals surface area contributed by atoms with E-state index in [-0.39, 0.29) is 29.1 Å². The number of rotatable bonds is 4. The molecule has 1 N–H and O–H groups in total. The number of nitrogens with zero attached hydrogens (tertiary/aromatic N) is 6. The Balaban J connectivity index is 1.49. The third-order valence-corrected chi connectivity index (χ3v) is 6.61. The lowest BCUT2D eigenvalue weighted by atomic mass is 9.81. The maximum Gasteiger partial charge on any atom is 0.410 e. The molecule has 2 atom stereocenters. The first-order chi connectivity index (χ1) is 16.7. The average Bonchev–Trinajstić information content (AvgIpc) is 3.23. The SMILES string of the molecule is CCc1[nH]c2nn(-c3ccnc(OC)c3)nc2c(=O)c1N1CCN(C(=O)OC(C)(C)C)[C@H]2CC[C@@H]21.